The zero-order chi connectivity index (χ0) is 13.3. The van der Waals surface area contributed by atoms with E-state index in [-0.39, 0.29) is 5.91 Å². The van der Waals surface area contributed by atoms with E-state index in [1.165, 1.54) is 11.3 Å². The summed E-state index contributed by atoms with van der Waals surface area (Å²) in [7, 11) is 1.83. The Morgan fingerprint density at radius 2 is 2.22 bits per heavy atom. The molecule has 0 saturated carbocycles. The molecule has 2 heterocycles. The van der Waals surface area contributed by atoms with Gasteiger partial charge in [-0.2, -0.15) is 5.10 Å². The van der Waals surface area contributed by atoms with E-state index >= 15 is 0 Å². The molecule has 2 aromatic heterocycles. The van der Waals surface area contributed by atoms with Crippen LogP contribution in [0.4, 0.5) is 5.82 Å². The predicted octanol–water partition coefficient (Wildman–Crippen LogP) is 2.31. The molecule has 5 nitrogen and oxygen atoms in total. The van der Waals surface area contributed by atoms with Crippen molar-refractivity contribution in [3.05, 3.63) is 27.3 Å². The van der Waals surface area contributed by atoms with Gasteiger partial charge >= 0.3 is 0 Å². The van der Waals surface area contributed by atoms with Crippen LogP contribution in [0.25, 0.3) is 0 Å². The molecule has 0 atom stereocenters. The van der Waals surface area contributed by atoms with Crippen molar-refractivity contribution in [3.8, 4) is 0 Å². The minimum atomic E-state index is -0.183. The molecule has 0 radical (unpaired) electrons. The Morgan fingerprint density at radius 1 is 1.50 bits per heavy atom. The average Bonchev–Trinajstić information content (AvgIpc) is 2.84. The van der Waals surface area contributed by atoms with Crippen molar-refractivity contribution in [1.29, 1.82) is 0 Å². The molecule has 0 saturated heterocycles. The van der Waals surface area contributed by atoms with E-state index in [4.69, 9.17) is 0 Å². The predicted molar refractivity (Wildman–Crippen MR) is 72.1 cm³/mol. The maximum absolute atomic E-state index is 12.0. The summed E-state index contributed by atoms with van der Waals surface area (Å²) < 4.78 is 1.70. The molecule has 0 aromatic carbocycles. The van der Waals surface area contributed by atoms with Crippen LogP contribution >= 0.6 is 11.3 Å². The van der Waals surface area contributed by atoms with Crippen molar-refractivity contribution in [1.82, 2.24) is 14.8 Å². The molecule has 0 aliphatic heterocycles. The minimum Gasteiger partial charge on any atom is -0.305 e. The number of nitrogens with zero attached hydrogens (tertiary/aromatic N) is 3. The Morgan fingerprint density at radius 3 is 2.78 bits per heavy atom. The highest BCUT2D eigenvalue weighted by molar-refractivity contribution is 7.09. The summed E-state index contributed by atoms with van der Waals surface area (Å²) in [5, 5.41) is 9.85. The molecule has 1 amide bonds. The number of nitrogens with one attached hydrogen (secondary N) is 1. The highest BCUT2D eigenvalue weighted by Crippen LogP contribution is 2.20. The van der Waals surface area contributed by atoms with E-state index in [2.05, 4.69) is 15.4 Å². The van der Waals surface area contributed by atoms with Gasteiger partial charge in [0, 0.05) is 18.0 Å². The number of amides is 1. The Hall–Kier alpha value is -1.69. The number of rotatable bonds is 3. The fraction of sp³-hybridized carbons (Fsp3) is 0.417. The van der Waals surface area contributed by atoms with Crippen LogP contribution in [0.1, 0.15) is 33.7 Å². The number of hydrogen-bond donors (Lipinski definition) is 1. The van der Waals surface area contributed by atoms with Crippen LogP contribution in [-0.2, 0) is 13.5 Å². The Kier molecular flexibility index (Phi) is 3.47. The minimum absolute atomic E-state index is 0.183. The summed E-state index contributed by atoms with van der Waals surface area (Å²) in [5.74, 6) is 0.572. The van der Waals surface area contributed by atoms with Crippen LogP contribution in [0.2, 0.25) is 0 Å². The van der Waals surface area contributed by atoms with Gasteiger partial charge in [-0.3, -0.25) is 9.48 Å². The van der Waals surface area contributed by atoms with Gasteiger partial charge in [-0.05, 0) is 20.3 Å². The van der Waals surface area contributed by atoms with E-state index < -0.39 is 0 Å². The lowest BCUT2D eigenvalue weighted by molar-refractivity contribution is 0.102. The fourth-order valence-electron chi connectivity index (χ4n) is 1.92. The van der Waals surface area contributed by atoms with Crippen LogP contribution in [0.3, 0.4) is 0 Å². The van der Waals surface area contributed by atoms with Crippen LogP contribution in [-0.4, -0.2) is 20.7 Å². The maximum Gasteiger partial charge on any atom is 0.276 e. The molecule has 0 unspecified atom stereocenters. The second kappa shape index (κ2) is 4.89. The monoisotopic (exact) mass is 264 g/mol. The summed E-state index contributed by atoms with van der Waals surface area (Å²) in [6.45, 7) is 5.88. The number of aromatic nitrogens is 3. The van der Waals surface area contributed by atoms with E-state index in [9.17, 15) is 4.79 Å². The first kappa shape index (κ1) is 12.8. The van der Waals surface area contributed by atoms with Gasteiger partial charge in [-0.15, -0.1) is 11.3 Å². The van der Waals surface area contributed by atoms with Crippen molar-refractivity contribution < 1.29 is 4.79 Å². The van der Waals surface area contributed by atoms with Crippen LogP contribution in [0, 0.1) is 13.8 Å². The molecule has 0 fully saturated rings. The SMILES string of the molecule is CCc1c(C)nn(C)c1NC(=O)c1csc(C)n1. The molecule has 18 heavy (non-hydrogen) atoms. The van der Waals surface area contributed by atoms with Crippen LogP contribution < -0.4 is 5.32 Å². The lowest BCUT2D eigenvalue weighted by Crippen LogP contribution is -2.16. The zero-order valence-electron chi connectivity index (χ0n) is 10.9. The summed E-state index contributed by atoms with van der Waals surface area (Å²) >= 11 is 1.47. The van der Waals surface area contributed by atoms with E-state index in [0.29, 0.717) is 5.69 Å². The first-order valence-electron chi connectivity index (χ1n) is 5.78. The molecular formula is C12H16N4OS. The number of aryl methyl sites for hydroxylation is 3. The lowest BCUT2D eigenvalue weighted by Gasteiger charge is -2.06. The highest BCUT2D eigenvalue weighted by Gasteiger charge is 2.16. The van der Waals surface area contributed by atoms with Crippen molar-refractivity contribution >= 4 is 23.1 Å². The topological polar surface area (TPSA) is 59.8 Å². The second-order valence-electron chi connectivity index (χ2n) is 4.10. The Balaban J connectivity index is 2.27. The third-order valence-corrected chi connectivity index (χ3v) is 3.56. The summed E-state index contributed by atoms with van der Waals surface area (Å²) in [6.07, 6.45) is 0.839. The van der Waals surface area contributed by atoms with Crippen molar-refractivity contribution in [2.75, 3.05) is 5.32 Å². The largest absolute Gasteiger partial charge is 0.305 e. The lowest BCUT2D eigenvalue weighted by atomic mass is 10.2. The molecule has 0 bridgehead atoms. The summed E-state index contributed by atoms with van der Waals surface area (Å²) in [6, 6.07) is 0. The first-order valence-corrected chi connectivity index (χ1v) is 6.66. The Bertz CT molecular complexity index is 585. The molecule has 2 aromatic rings. The van der Waals surface area contributed by atoms with Gasteiger partial charge in [0.05, 0.1) is 10.7 Å². The summed E-state index contributed by atoms with van der Waals surface area (Å²) in [4.78, 5) is 16.2. The van der Waals surface area contributed by atoms with Crippen molar-refractivity contribution in [3.63, 3.8) is 0 Å². The van der Waals surface area contributed by atoms with Gasteiger partial charge in [0.1, 0.15) is 11.5 Å². The van der Waals surface area contributed by atoms with Gasteiger partial charge in [0.15, 0.2) is 0 Å². The first-order chi connectivity index (χ1) is 8.52. The Labute approximate surface area is 110 Å². The molecule has 0 aliphatic rings. The molecule has 0 aliphatic carbocycles. The molecule has 1 N–H and O–H groups in total. The average molecular weight is 264 g/mol. The van der Waals surface area contributed by atoms with Gasteiger partial charge in [-0.25, -0.2) is 4.98 Å². The van der Waals surface area contributed by atoms with E-state index in [1.807, 2.05) is 27.8 Å². The third kappa shape index (κ3) is 2.28. The number of carbonyl (C=O) groups is 1. The smallest absolute Gasteiger partial charge is 0.276 e. The second-order valence-corrected chi connectivity index (χ2v) is 5.16. The standard InChI is InChI=1S/C12H16N4OS/c1-5-9-7(2)15-16(4)11(9)14-12(17)10-6-18-8(3)13-10/h6H,5H2,1-4H3,(H,14,17). The fourth-order valence-corrected chi connectivity index (χ4v) is 2.51. The van der Waals surface area contributed by atoms with Crippen molar-refractivity contribution in [2.45, 2.75) is 27.2 Å². The molecule has 2 rings (SSSR count). The number of hydrogen-bond acceptors (Lipinski definition) is 4. The highest BCUT2D eigenvalue weighted by atomic mass is 32.1. The van der Waals surface area contributed by atoms with E-state index in [0.717, 1.165) is 28.5 Å². The van der Waals surface area contributed by atoms with Crippen LogP contribution in [0.5, 0.6) is 0 Å². The normalized spacial score (nSPS) is 10.7. The molecule has 0 spiro atoms. The molecule has 96 valence electrons. The van der Waals surface area contributed by atoms with E-state index in [1.54, 1.807) is 10.1 Å². The maximum atomic E-state index is 12.0. The van der Waals surface area contributed by atoms with Crippen molar-refractivity contribution in [2.24, 2.45) is 7.05 Å². The number of anilines is 1. The van der Waals surface area contributed by atoms with Gasteiger partial charge in [0.2, 0.25) is 0 Å². The molecule has 6 heteroatoms. The quantitative estimate of drug-likeness (QED) is 0.925. The van der Waals surface area contributed by atoms with Gasteiger partial charge < -0.3 is 5.32 Å². The van der Waals surface area contributed by atoms with Gasteiger partial charge in [-0.1, -0.05) is 6.92 Å². The number of carbonyl (C=O) groups excluding carboxylic acids is 1. The summed E-state index contributed by atoms with van der Waals surface area (Å²) in [5.41, 5.74) is 2.47. The zero-order valence-corrected chi connectivity index (χ0v) is 11.8. The number of thiazole rings is 1. The van der Waals surface area contributed by atoms with Gasteiger partial charge in [0.25, 0.3) is 5.91 Å². The van der Waals surface area contributed by atoms with Crippen LogP contribution in [0.15, 0.2) is 5.38 Å². The third-order valence-electron chi connectivity index (χ3n) is 2.78. The molecular weight excluding hydrogens is 248 g/mol.